The Hall–Kier alpha value is 0.603. The molecule has 1 aromatic rings. The molecule has 0 N–H and O–H groups in total. The molecule has 0 saturated heterocycles. The van der Waals surface area contributed by atoms with Crippen LogP contribution in [0.5, 0.6) is 5.75 Å². The maximum absolute atomic E-state index is 11.4. The van der Waals surface area contributed by atoms with Crippen molar-refractivity contribution in [2.45, 2.75) is 39.5 Å². The van der Waals surface area contributed by atoms with E-state index in [0.717, 1.165) is 31.2 Å². The average Bonchev–Trinajstić information content (AvgIpc) is 2.21. The molecule has 1 rings (SSSR count). The van der Waals surface area contributed by atoms with Gasteiger partial charge in [0.05, 0.1) is 0 Å². The van der Waals surface area contributed by atoms with Gasteiger partial charge in [-0.25, -0.2) is 0 Å². The van der Waals surface area contributed by atoms with Crippen LogP contribution in [0.1, 0.15) is 37.8 Å². The zero-order valence-electron chi connectivity index (χ0n) is 10.8. The van der Waals surface area contributed by atoms with Gasteiger partial charge in [0, 0.05) is 0 Å². The summed E-state index contributed by atoms with van der Waals surface area (Å²) in [6, 6.07) is 5.79. The van der Waals surface area contributed by atoms with Gasteiger partial charge in [-0.15, -0.1) is 0 Å². The molecule has 0 aliphatic rings. The van der Waals surface area contributed by atoms with Crippen molar-refractivity contribution in [1.29, 1.82) is 0 Å². The minimum atomic E-state index is -3.31. The molecule has 0 saturated carbocycles. The van der Waals surface area contributed by atoms with Gasteiger partial charge < -0.3 is 21.7 Å². The van der Waals surface area contributed by atoms with Gasteiger partial charge in [-0.1, -0.05) is 56.3 Å². The number of benzene rings is 1. The first-order chi connectivity index (χ1) is 7.98. The summed E-state index contributed by atoms with van der Waals surface area (Å²) in [6.07, 6.45) is 3.97. The Morgan fingerprint density at radius 2 is 1.89 bits per heavy atom. The summed E-state index contributed by atoms with van der Waals surface area (Å²) in [5.74, 6) is 0.603. The number of rotatable bonds is 6. The molecular formula is C12H17O2PS2Zn. The SMILES string of the molecule is CCCc1cccc(OP([O-])(=S)[S-])c1CCC.[Zn+2]. The second-order valence-corrected chi connectivity index (χ2v) is 8.59. The van der Waals surface area contributed by atoms with Gasteiger partial charge in [0.15, 0.2) is 0 Å². The minimum absolute atomic E-state index is 0. The first-order valence-electron chi connectivity index (χ1n) is 5.80. The smallest absolute Gasteiger partial charge is 0.809 e. The van der Waals surface area contributed by atoms with Crippen LogP contribution in [0, 0.1) is 0 Å². The van der Waals surface area contributed by atoms with Crippen molar-refractivity contribution in [2.24, 2.45) is 0 Å². The quantitative estimate of drug-likeness (QED) is 0.447. The molecule has 1 aromatic carbocycles. The van der Waals surface area contributed by atoms with Gasteiger partial charge in [-0.2, -0.15) is 0 Å². The Morgan fingerprint density at radius 3 is 2.39 bits per heavy atom. The van der Waals surface area contributed by atoms with E-state index in [1.807, 2.05) is 6.07 Å². The molecule has 96 valence electrons. The zero-order chi connectivity index (χ0) is 12.9. The second-order valence-electron chi connectivity index (χ2n) is 3.93. The van der Waals surface area contributed by atoms with E-state index in [2.05, 4.69) is 44.0 Å². The fraction of sp³-hybridized carbons (Fsp3) is 0.500. The Balaban J connectivity index is 0.00000289. The fourth-order valence-electron chi connectivity index (χ4n) is 1.85. The molecule has 18 heavy (non-hydrogen) atoms. The molecule has 2 nitrogen and oxygen atoms in total. The Morgan fingerprint density at radius 1 is 1.28 bits per heavy atom. The summed E-state index contributed by atoms with van der Waals surface area (Å²) < 4.78 is 5.26. The number of hydrogen-bond donors (Lipinski definition) is 0. The Kier molecular flexibility index (Phi) is 9.00. The van der Waals surface area contributed by atoms with Crippen LogP contribution in [-0.4, -0.2) is 0 Å². The van der Waals surface area contributed by atoms with Crippen LogP contribution in [0.3, 0.4) is 0 Å². The van der Waals surface area contributed by atoms with Crippen molar-refractivity contribution in [3.05, 3.63) is 29.3 Å². The summed E-state index contributed by atoms with van der Waals surface area (Å²) in [4.78, 5) is 11.4. The normalized spacial score (nSPS) is 13.6. The molecule has 0 bridgehead atoms. The molecule has 0 fully saturated rings. The van der Waals surface area contributed by atoms with Crippen molar-refractivity contribution >= 4 is 29.7 Å². The number of hydrogen-bond acceptors (Lipinski definition) is 4. The van der Waals surface area contributed by atoms with Crippen LogP contribution in [0.15, 0.2) is 18.2 Å². The monoisotopic (exact) mass is 352 g/mol. The van der Waals surface area contributed by atoms with Crippen LogP contribution >= 0.6 is 5.69 Å². The minimum Gasteiger partial charge on any atom is -0.809 e. The van der Waals surface area contributed by atoms with Gasteiger partial charge >= 0.3 is 19.5 Å². The van der Waals surface area contributed by atoms with Gasteiger partial charge in [0.1, 0.15) is 5.75 Å². The molecule has 0 aromatic heterocycles. The molecule has 0 aliphatic heterocycles. The van der Waals surface area contributed by atoms with E-state index < -0.39 is 5.69 Å². The Labute approximate surface area is 133 Å². The molecule has 6 heteroatoms. The second kappa shape index (κ2) is 8.71. The predicted octanol–water partition coefficient (Wildman–Crippen LogP) is 3.10. The van der Waals surface area contributed by atoms with Crippen LogP contribution in [0.4, 0.5) is 0 Å². The molecule has 0 heterocycles. The average molecular weight is 354 g/mol. The van der Waals surface area contributed by atoms with Gasteiger partial charge in [-0.3, -0.25) is 0 Å². The van der Waals surface area contributed by atoms with Gasteiger partial charge in [-0.05, 0) is 30.0 Å². The topological polar surface area (TPSA) is 32.3 Å². The van der Waals surface area contributed by atoms with Crippen molar-refractivity contribution in [3.63, 3.8) is 0 Å². The summed E-state index contributed by atoms with van der Waals surface area (Å²) >= 11 is 9.33. The summed E-state index contributed by atoms with van der Waals surface area (Å²) in [5.41, 5.74) is -0.966. The van der Waals surface area contributed by atoms with Gasteiger partial charge in [0.25, 0.3) is 0 Å². The van der Waals surface area contributed by atoms with Crippen LogP contribution in [0.2, 0.25) is 0 Å². The molecular weight excluding hydrogens is 337 g/mol. The summed E-state index contributed by atoms with van der Waals surface area (Å²) in [5, 5.41) is 0. The molecule has 1 unspecified atom stereocenters. The van der Waals surface area contributed by atoms with E-state index in [1.165, 1.54) is 5.56 Å². The van der Waals surface area contributed by atoms with Crippen molar-refractivity contribution in [2.75, 3.05) is 0 Å². The molecule has 0 amide bonds. The van der Waals surface area contributed by atoms with Crippen LogP contribution in [0.25, 0.3) is 0 Å². The third-order valence-electron chi connectivity index (χ3n) is 2.46. The van der Waals surface area contributed by atoms with E-state index in [1.54, 1.807) is 6.07 Å². The van der Waals surface area contributed by atoms with E-state index in [9.17, 15) is 4.89 Å². The van der Waals surface area contributed by atoms with Crippen molar-refractivity contribution in [1.82, 2.24) is 0 Å². The first-order valence-corrected chi connectivity index (χ1v) is 9.45. The van der Waals surface area contributed by atoms with E-state index in [-0.39, 0.29) is 19.5 Å². The fourth-order valence-corrected chi connectivity index (χ4v) is 2.75. The predicted molar refractivity (Wildman–Crippen MR) is 76.7 cm³/mol. The first kappa shape index (κ1) is 18.6. The molecule has 1 atom stereocenters. The standard InChI is InChI=1S/C12H19O2PS2.Zn/c1-3-6-10-8-5-9-12(11(10)7-4-2)14-15(13,16)17;/h5,8-9H,3-4,6-7H2,1-2H3,(H2,13,16,17);/q;+2/p-2. The van der Waals surface area contributed by atoms with Crippen LogP contribution < -0.4 is 9.42 Å². The maximum Gasteiger partial charge on any atom is 2.00 e. The Bertz CT molecular complexity index is 421. The van der Waals surface area contributed by atoms with E-state index >= 15 is 0 Å². The summed E-state index contributed by atoms with van der Waals surface area (Å²) in [6.45, 7) is 4.24. The summed E-state index contributed by atoms with van der Waals surface area (Å²) in [7, 11) is 0. The van der Waals surface area contributed by atoms with Gasteiger partial charge in [0.2, 0.25) is 0 Å². The molecule has 0 spiro atoms. The third kappa shape index (κ3) is 6.17. The molecule has 0 radical (unpaired) electrons. The van der Waals surface area contributed by atoms with Crippen molar-refractivity contribution < 1.29 is 28.9 Å². The van der Waals surface area contributed by atoms with Crippen LogP contribution in [-0.2, 0) is 56.4 Å². The largest absolute Gasteiger partial charge is 2.00 e. The third-order valence-corrected chi connectivity index (χ3v) is 3.33. The molecule has 0 aliphatic carbocycles. The van der Waals surface area contributed by atoms with Crippen molar-refractivity contribution in [3.8, 4) is 5.75 Å². The zero-order valence-corrected chi connectivity index (χ0v) is 16.3. The van der Waals surface area contributed by atoms with E-state index in [0.29, 0.717) is 5.75 Å². The number of aryl methyl sites for hydroxylation is 1. The maximum atomic E-state index is 11.4. The van der Waals surface area contributed by atoms with E-state index in [4.69, 9.17) is 4.52 Å².